The van der Waals surface area contributed by atoms with Crippen molar-refractivity contribution in [2.45, 2.75) is 39.7 Å². The summed E-state index contributed by atoms with van der Waals surface area (Å²) < 4.78 is 2.93. The number of amides is 1. The third kappa shape index (κ3) is 4.50. The Bertz CT molecular complexity index is 1080. The van der Waals surface area contributed by atoms with E-state index in [1.807, 2.05) is 30.9 Å². The minimum atomic E-state index is -0.285. The molecule has 3 aromatic rings. The van der Waals surface area contributed by atoms with Crippen LogP contribution in [0.25, 0.3) is 5.82 Å². The van der Waals surface area contributed by atoms with Gasteiger partial charge in [0.25, 0.3) is 5.56 Å². The highest BCUT2D eigenvalue weighted by Gasteiger charge is 2.23. The lowest BCUT2D eigenvalue weighted by molar-refractivity contribution is -0.133. The largest absolute Gasteiger partial charge is 0.341 e. The number of hydrogen-bond acceptors (Lipinski definition) is 4. The van der Waals surface area contributed by atoms with Crippen LogP contribution in [0, 0.1) is 19.8 Å². The molecular weight excluding hydrogens is 378 g/mol. The summed E-state index contributed by atoms with van der Waals surface area (Å²) in [5, 5.41) is 8.79. The molecule has 1 fully saturated rings. The molecule has 1 saturated heterocycles. The van der Waals surface area contributed by atoms with Crippen LogP contribution in [0.5, 0.6) is 0 Å². The fourth-order valence-corrected chi connectivity index (χ4v) is 4.09. The average molecular weight is 406 g/mol. The molecule has 1 amide bonds. The standard InChI is InChI=1S/C23H27N5O2/c1-17-14-18(2)28(24-17)21-8-9-22(29)27(25-21)16-23(30)26-12-10-20(11-13-26)15-19-6-4-3-5-7-19/h3-9,14,20H,10-13,15-16H2,1-2H3. The summed E-state index contributed by atoms with van der Waals surface area (Å²) >= 11 is 0. The van der Waals surface area contributed by atoms with Gasteiger partial charge in [-0.05, 0) is 56.7 Å². The minimum absolute atomic E-state index is 0.0463. The first kappa shape index (κ1) is 20.1. The van der Waals surface area contributed by atoms with Crippen LogP contribution in [-0.4, -0.2) is 43.5 Å². The molecule has 7 heteroatoms. The van der Waals surface area contributed by atoms with E-state index in [1.54, 1.807) is 10.7 Å². The Hall–Kier alpha value is -3.22. The highest BCUT2D eigenvalue weighted by Crippen LogP contribution is 2.21. The molecule has 156 valence electrons. The topological polar surface area (TPSA) is 73.0 Å². The van der Waals surface area contributed by atoms with Crippen LogP contribution in [0.4, 0.5) is 0 Å². The molecule has 4 rings (SSSR count). The van der Waals surface area contributed by atoms with Crippen LogP contribution in [0.2, 0.25) is 0 Å². The van der Waals surface area contributed by atoms with E-state index in [1.165, 1.54) is 16.3 Å². The van der Waals surface area contributed by atoms with Crippen molar-refractivity contribution in [1.29, 1.82) is 0 Å². The highest BCUT2D eigenvalue weighted by molar-refractivity contribution is 5.76. The molecular formula is C23H27N5O2. The van der Waals surface area contributed by atoms with Crippen molar-refractivity contribution in [1.82, 2.24) is 24.5 Å². The van der Waals surface area contributed by atoms with Crippen molar-refractivity contribution in [3.8, 4) is 5.82 Å². The van der Waals surface area contributed by atoms with E-state index in [0.717, 1.165) is 43.7 Å². The van der Waals surface area contributed by atoms with Crippen LogP contribution in [0.15, 0.2) is 53.3 Å². The minimum Gasteiger partial charge on any atom is -0.341 e. The number of piperidine rings is 1. The third-order valence-electron chi connectivity index (χ3n) is 5.70. The number of carbonyl (C=O) groups excluding carboxylic acids is 1. The second kappa shape index (κ2) is 8.65. The average Bonchev–Trinajstić information content (AvgIpc) is 3.09. The molecule has 0 radical (unpaired) electrons. The first-order chi connectivity index (χ1) is 14.5. The van der Waals surface area contributed by atoms with Crippen LogP contribution >= 0.6 is 0 Å². The zero-order valence-electron chi connectivity index (χ0n) is 17.5. The highest BCUT2D eigenvalue weighted by atomic mass is 16.2. The Kier molecular flexibility index (Phi) is 5.79. The van der Waals surface area contributed by atoms with Crippen molar-refractivity contribution in [3.05, 3.63) is 75.8 Å². The molecule has 0 atom stereocenters. The van der Waals surface area contributed by atoms with Gasteiger partial charge in [-0.3, -0.25) is 9.59 Å². The molecule has 1 aromatic carbocycles. The Labute approximate surface area is 175 Å². The van der Waals surface area contributed by atoms with Crippen molar-refractivity contribution in [3.63, 3.8) is 0 Å². The summed E-state index contributed by atoms with van der Waals surface area (Å²) in [5.41, 5.74) is 2.87. The number of hydrogen-bond donors (Lipinski definition) is 0. The van der Waals surface area contributed by atoms with E-state index in [2.05, 4.69) is 34.5 Å². The first-order valence-electron chi connectivity index (χ1n) is 10.4. The van der Waals surface area contributed by atoms with E-state index in [9.17, 15) is 9.59 Å². The Morgan fingerprint density at radius 1 is 1.03 bits per heavy atom. The number of nitrogens with zero attached hydrogens (tertiary/aromatic N) is 5. The fraction of sp³-hybridized carbons (Fsp3) is 0.391. The monoisotopic (exact) mass is 405 g/mol. The molecule has 7 nitrogen and oxygen atoms in total. The third-order valence-corrected chi connectivity index (χ3v) is 5.70. The molecule has 0 saturated carbocycles. The molecule has 0 unspecified atom stereocenters. The summed E-state index contributed by atoms with van der Waals surface area (Å²) in [6.45, 7) is 5.24. The maximum Gasteiger partial charge on any atom is 0.267 e. The van der Waals surface area contributed by atoms with Gasteiger partial charge < -0.3 is 4.90 Å². The molecule has 0 aliphatic carbocycles. The fourth-order valence-electron chi connectivity index (χ4n) is 4.09. The smallest absolute Gasteiger partial charge is 0.267 e. The lowest BCUT2D eigenvalue weighted by atomic mass is 9.90. The van der Waals surface area contributed by atoms with Crippen LogP contribution in [-0.2, 0) is 17.8 Å². The molecule has 3 heterocycles. The van der Waals surface area contributed by atoms with Gasteiger partial charge in [0, 0.05) is 24.8 Å². The maximum atomic E-state index is 12.8. The molecule has 0 spiro atoms. The van der Waals surface area contributed by atoms with Crippen LogP contribution in [0.1, 0.15) is 29.8 Å². The van der Waals surface area contributed by atoms with Gasteiger partial charge in [0.15, 0.2) is 5.82 Å². The number of benzene rings is 1. The summed E-state index contributed by atoms with van der Waals surface area (Å²) in [6.07, 6.45) is 3.01. The first-order valence-corrected chi connectivity index (χ1v) is 10.4. The molecule has 0 bridgehead atoms. The zero-order chi connectivity index (χ0) is 21.1. The Balaban J connectivity index is 1.39. The summed E-state index contributed by atoms with van der Waals surface area (Å²) in [6, 6.07) is 15.5. The van der Waals surface area contributed by atoms with Crippen molar-refractivity contribution in [2.24, 2.45) is 5.92 Å². The maximum absolute atomic E-state index is 12.8. The van der Waals surface area contributed by atoms with Gasteiger partial charge >= 0.3 is 0 Å². The van der Waals surface area contributed by atoms with Gasteiger partial charge in [-0.15, -0.1) is 5.10 Å². The Morgan fingerprint density at radius 3 is 2.43 bits per heavy atom. The SMILES string of the molecule is Cc1cc(C)n(-c2ccc(=O)n(CC(=O)N3CCC(Cc4ccccc4)CC3)n2)n1. The molecule has 30 heavy (non-hydrogen) atoms. The number of carbonyl (C=O) groups is 1. The second-order valence-electron chi connectivity index (χ2n) is 8.04. The van der Waals surface area contributed by atoms with Gasteiger partial charge in [-0.2, -0.15) is 5.10 Å². The molecule has 1 aliphatic rings. The van der Waals surface area contributed by atoms with Gasteiger partial charge in [-0.25, -0.2) is 9.36 Å². The van der Waals surface area contributed by atoms with Crippen molar-refractivity contribution >= 4 is 5.91 Å². The van der Waals surface area contributed by atoms with Gasteiger partial charge in [0.05, 0.1) is 5.69 Å². The second-order valence-corrected chi connectivity index (χ2v) is 8.04. The van der Waals surface area contributed by atoms with E-state index in [-0.39, 0.29) is 18.0 Å². The predicted octanol–water partition coefficient (Wildman–Crippen LogP) is 2.53. The quantitative estimate of drug-likeness (QED) is 0.654. The van der Waals surface area contributed by atoms with E-state index in [4.69, 9.17) is 0 Å². The van der Waals surface area contributed by atoms with Crippen LogP contribution in [0.3, 0.4) is 0 Å². The normalized spacial score (nSPS) is 14.8. The van der Waals surface area contributed by atoms with E-state index in [0.29, 0.717) is 11.7 Å². The summed E-state index contributed by atoms with van der Waals surface area (Å²) in [5.74, 6) is 1.06. The van der Waals surface area contributed by atoms with E-state index < -0.39 is 0 Å². The summed E-state index contributed by atoms with van der Waals surface area (Å²) in [4.78, 5) is 26.9. The summed E-state index contributed by atoms with van der Waals surface area (Å²) in [7, 11) is 0. The van der Waals surface area contributed by atoms with Gasteiger partial charge in [0.2, 0.25) is 5.91 Å². The van der Waals surface area contributed by atoms with Crippen molar-refractivity contribution < 1.29 is 4.79 Å². The number of rotatable bonds is 5. The molecule has 1 aliphatic heterocycles. The lowest BCUT2D eigenvalue weighted by Crippen LogP contribution is -2.42. The van der Waals surface area contributed by atoms with E-state index >= 15 is 0 Å². The Morgan fingerprint density at radius 2 is 1.77 bits per heavy atom. The number of likely N-dealkylation sites (tertiary alicyclic amines) is 1. The van der Waals surface area contributed by atoms with Gasteiger partial charge in [0.1, 0.15) is 6.54 Å². The molecule has 0 N–H and O–H groups in total. The van der Waals surface area contributed by atoms with Gasteiger partial charge in [-0.1, -0.05) is 30.3 Å². The lowest BCUT2D eigenvalue weighted by Gasteiger charge is -2.32. The number of aryl methyl sites for hydroxylation is 2. The number of aromatic nitrogens is 4. The molecule has 2 aromatic heterocycles. The van der Waals surface area contributed by atoms with Crippen LogP contribution < -0.4 is 5.56 Å². The zero-order valence-corrected chi connectivity index (χ0v) is 17.5. The van der Waals surface area contributed by atoms with Crippen molar-refractivity contribution in [2.75, 3.05) is 13.1 Å². The predicted molar refractivity (Wildman–Crippen MR) is 115 cm³/mol.